The van der Waals surface area contributed by atoms with E-state index in [-0.39, 0.29) is 5.91 Å². The highest BCUT2D eigenvalue weighted by Crippen LogP contribution is 2.28. The standard InChI is InChI=1S/C18H24N4O2S2/c1-2-24-15-10-8-14(9-11-15)19-16(23)12-25-18-22-21-17(26-18)20-13-6-4-3-5-7-13/h8-11,13H,2-7,12H2,1H3,(H,19,23)(H,20,21). The van der Waals surface area contributed by atoms with Gasteiger partial charge < -0.3 is 15.4 Å². The highest BCUT2D eigenvalue weighted by molar-refractivity contribution is 8.01. The third-order valence-electron chi connectivity index (χ3n) is 4.12. The Labute approximate surface area is 162 Å². The van der Waals surface area contributed by atoms with Gasteiger partial charge in [-0.25, -0.2) is 0 Å². The molecule has 0 atom stereocenters. The summed E-state index contributed by atoms with van der Waals surface area (Å²) in [5, 5.41) is 15.6. The fourth-order valence-corrected chi connectivity index (χ4v) is 4.50. The van der Waals surface area contributed by atoms with Crippen molar-refractivity contribution in [3.05, 3.63) is 24.3 Å². The van der Waals surface area contributed by atoms with Gasteiger partial charge in [0, 0.05) is 11.7 Å². The van der Waals surface area contributed by atoms with Crippen molar-refractivity contribution in [3.63, 3.8) is 0 Å². The number of amides is 1. The first-order chi connectivity index (χ1) is 12.7. The van der Waals surface area contributed by atoms with Crippen molar-refractivity contribution in [1.29, 1.82) is 0 Å². The zero-order valence-corrected chi connectivity index (χ0v) is 16.5. The van der Waals surface area contributed by atoms with Gasteiger partial charge in [0.05, 0.1) is 12.4 Å². The second kappa shape index (κ2) is 9.78. The number of rotatable bonds is 8. The van der Waals surface area contributed by atoms with Crippen LogP contribution in [0, 0.1) is 0 Å². The molecule has 26 heavy (non-hydrogen) atoms. The number of ether oxygens (including phenoxy) is 1. The Hall–Kier alpha value is -1.80. The lowest BCUT2D eigenvalue weighted by atomic mass is 9.96. The zero-order valence-electron chi connectivity index (χ0n) is 14.9. The molecule has 1 aromatic carbocycles. The molecule has 0 aliphatic heterocycles. The summed E-state index contributed by atoms with van der Waals surface area (Å²) in [5.41, 5.74) is 0.760. The van der Waals surface area contributed by atoms with Gasteiger partial charge in [0.1, 0.15) is 5.75 Å². The molecule has 0 saturated heterocycles. The summed E-state index contributed by atoms with van der Waals surface area (Å²) in [4.78, 5) is 12.1. The molecule has 0 spiro atoms. The molecule has 8 heteroatoms. The maximum absolute atomic E-state index is 12.1. The highest BCUT2D eigenvalue weighted by atomic mass is 32.2. The van der Waals surface area contributed by atoms with E-state index >= 15 is 0 Å². The maximum Gasteiger partial charge on any atom is 0.234 e. The molecular weight excluding hydrogens is 368 g/mol. The zero-order chi connectivity index (χ0) is 18.2. The molecule has 0 unspecified atom stereocenters. The monoisotopic (exact) mass is 392 g/mol. The first-order valence-corrected chi connectivity index (χ1v) is 10.8. The van der Waals surface area contributed by atoms with Crippen molar-refractivity contribution in [2.75, 3.05) is 23.0 Å². The first-order valence-electron chi connectivity index (χ1n) is 8.98. The lowest BCUT2D eigenvalue weighted by Crippen LogP contribution is -2.21. The van der Waals surface area contributed by atoms with Gasteiger partial charge in [0.25, 0.3) is 0 Å². The predicted molar refractivity (Wildman–Crippen MR) is 107 cm³/mol. The van der Waals surface area contributed by atoms with Gasteiger partial charge in [0.15, 0.2) is 4.34 Å². The molecule has 1 fully saturated rings. The van der Waals surface area contributed by atoms with Crippen LogP contribution in [0.15, 0.2) is 28.6 Å². The predicted octanol–water partition coefficient (Wildman–Crippen LogP) is 4.41. The molecule has 2 N–H and O–H groups in total. The van der Waals surface area contributed by atoms with Crippen molar-refractivity contribution in [3.8, 4) is 5.75 Å². The van der Waals surface area contributed by atoms with Crippen LogP contribution in [-0.2, 0) is 4.79 Å². The van der Waals surface area contributed by atoms with Crippen molar-refractivity contribution >= 4 is 39.8 Å². The van der Waals surface area contributed by atoms with Crippen LogP contribution in [0.2, 0.25) is 0 Å². The average molecular weight is 393 g/mol. The van der Waals surface area contributed by atoms with E-state index in [1.54, 1.807) is 0 Å². The van der Waals surface area contributed by atoms with Gasteiger partial charge in [-0.2, -0.15) is 0 Å². The number of nitrogens with zero attached hydrogens (tertiary/aromatic N) is 2. The van der Waals surface area contributed by atoms with E-state index in [9.17, 15) is 4.79 Å². The first kappa shape index (κ1) is 19.0. The molecule has 0 radical (unpaired) electrons. The van der Waals surface area contributed by atoms with Crippen LogP contribution in [0.4, 0.5) is 10.8 Å². The van der Waals surface area contributed by atoms with E-state index in [0.717, 1.165) is 20.9 Å². The van der Waals surface area contributed by atoms with Crippen LogP contribution in [-0.4, -0.2) is 34.5 Å². The maximum atomic E-state index is 12.1. The van der Waals surface area contributed by atoms with Gasteiger partial charge in [-0.15, -0.1) is 10.2 Å². The lowest BCUT2D eigenvalue weighted by molar-refractivity contribution is -0.113. The number of carbonyl (C=O) groups excluding carboxylic acids is 1. The van der Waals surface area contributed by atoms with E-state index < -0.39 is 0 Å². The molecule has 1 aliphatic carbocycles. The number of aromatic nitrogens is 2. The van der Waals surface area contributed by atoms with Gasteiger partial charge >= 0.3 is 0 Å². The Morgan fingerprint density at radius 3 is 2.73 bits per heavy atom. The molecule has 140 valence electrons. The third-order valence-corrected chi connectivity index (χ3v) is 6.10. The number of thioether (sulfide) groups is 1. The van der Waals surface area contributed by atoms with Gasteiger partial charge in [-0.05, 0) is 44.0 Å². The molecule has 1 saturated carbocycles. The van der Waals surface area contributed by atoms with E-state index in [1.807, 2.05) is 31.2 Å². The Bertz CT molecular complexity index is 699. The van der Waals surface area contributed by atoms with Crippen LogP contribution in [0.3, 0.4) is 0 Å². The van der Waals surface area contributed by atoms with Crippen molar-refractivity contribution in [2.24, 2.45) is 0 Å². The fraction of sp³-hybridized carbons (Fsp3) is 0.500. The van der Waals surface area contributed by atoms with Crippen molar-refractivity contribution in [2.45, 2.75) is 49.4 Å². The number of nitrogens with one attached hydrogen (secondary N) is 2. The highest BCUT2D eigenvalue weighted by Gasteiger charge is 2.15. The summed E-state index contributed by atoms with van der Waals surface area (Å²) >= 11 is 2.93. The summed E-state index contributed by atoms with van der Waals surface area (Å²) in [6.07, 6.45) is 6.30. The third kappa shape index (κ3) is 5.88. The molecule has 1 amide bonds. The van der Waals surface area contributed by atoms with Gasteiger partial charge in [-0.1, -0.05) is 42.4 Å². The molecule has 1 aliphatic rings. The quantitative estimate of drug-likeness (QED) is 0.648. The average Bonchev–Trinajstić information content (AvgIpc) is 3.10. The SMILES string of the molecule is CCOc1ccc(NC(=O)CSc2nnc(NC3CCCCC3)s2)cc1. The molecule has 3 rings (SSSR count). The van der Waals surface area contributed by atoms with Gasteiger partial charge in [0.2, 0.25) is 11.0 Å². The Balaban J connectivity index is 1.42. The Morgan fingerprint density at radius 1 is 1.23 bits per heavy atom. The van der Waals surface area contributed by atoms with Crippen LogP contribution in [0.1, 0.15) is 39.0 Å². The molecule has 1 aromatic heterocycles. The van der Waals surface area contributed by atoms with Crippen LogP contribution in [0.5, 0.6) is 5.75 Å². The second-order valence-electron chi connectivity index (χ2n) is 6.15. The summed E-state index contributed by atoms with van der Waals surface area (Å²) in [7, 11) is 0. The van der Waals surface area contributed by atoms with Gasteiger partial charge in [-0.3, -0.25) is 4.79 Å². The number of carbonyl (C=O) groups is 1. The minimum atomic E-state index is -0.0591. The van der Waals surface area contributed by atoms with Crippen LogP contribution >= 0.6 is 23.1 Å². The van der Waals surface area contributed by atoms with Crippen molar-refractivity contribution < 1.29 is 9.53 Å². The molecule has 6 nitrogen and oxygen atoms in total. The van der Waals surface area contributed by atoms with E-state index in [0.29, 0.717) is 18.4 Å². The van der Waals surface area contributed by atoms with Crippen molar-refractivity contribution in [1.82, 2.24) is 10.2 Å². The molecule has 1 heterocycles. The number of benzene rings is 1. The van der Waals surface area contributed by atoms with E-state index in [4.69, 9.17) is 4.74 Å². The fourth-order valence-electron chi connectivity index (χ4n) is 2.87. The minimum absolute atomic E-state index is 0.0591. The molecule has 0 bridgehead atoms. The topological polar surface area (TPSA) is 76.1 Å². The summed E-state index contributed by atoms with van der Waals surface area (Å²) in [5.74, 6) is 1.05. The van der Waals surface area contributed by atoms with Crippen LogP contribution < -0.4 is 15.4 Å². The largest absolute Gasteiger partial charge is 0.494 e. The van der Waals surface area contributed by atoms with E-state index in [1.165, 1.54) is 55.2 Å². The van der Waals surface area contributed by atoms with E-state index in [2.05, 4.69) is 20.8 Å². The normalized spacial score (nSPS) is 14.8. The minimum Gasteiger partial charge on any atom is -0.494 e. The number of hydrogen-bond donors (Lipinski definition) is 2. The number of hydrogen-bond acceptors (Lipinski definition) is 7. The molecule has 2 aromatic rings. The van der Waals surface area contributed by atoms with Crippen LogP contribution in [0.25, 0.3) is 0 Å². The Kier molecular flexibility index (Phi) is 7.13. The second-order valence-corrected chi connectivity index (χ2v) is 8.35. The molecular formula is C18H24N4O2S2. The summed E-state index contributed by atoms with van der Waals surface area (Å²) in [6.45, 7) is 2.57. The summed E-state index contributed by atoms with van der Waals surface area (Å²) < 4.78 is 6.20. The summed E-state index contributed by atoms with van der Waals surface area (Å²) in [6, 6.07) is 7.88. The smallest absolute Gasteiger partial charge is 0.234 e. The lowest BCUT2D eigenvalue weighted by Gasteiger charge is -2.21. The number of anilines is 2. The Morgan fingerprint density at radius 2 is 2.00 bits per heavy atom.